The van der Waals surface area contributed by atoms with Crippen LogP contribution in [0.4, 0.5) is 5.82 Å². The van der Waals surface area contributed by atoms with Gasteiger partial charge in [0.05, 0.1) is 17.3 Å². The molecule has 0 fully saturated rings. The number of pyridine rings is 1. The molecular weight excluding hydrogens is 260 g/mol. The molecule has 2 heterocycles. The smallest absolute Gasteiger partial charge is 0.126 e. The number of aromatic nitrogens is 3. The lowest BCUT2D eigenvalue weighted by molar-refractivity contribution is 0.717. The van der Waals surface area contributed by atoms with Crippen molar-refractivity contribution >= 4 is 17.4 Å². The van der Waals surface area contributed by atoms with Crippen LogP contribution in [0.5, 0.6) is 0 Å². The summed E-state index contributed by atoms with van der Waals surface area (Å²) < 4.78 is 2.08. The average Bonchev–Trinajstić information content (AvgIpc) is 2.87. The van der Waals surface area contributed by atoms with Gasteiger partial charge in [0.1, 0.15) is 11.6 Å². The Bertz CT molecular complexity index is 536. The minimum absolute atomic E-state index is 0.656. The van der Waals surface area contributed by atoms with Crippen LogP contribution in [0.25, 0.3) is 0 Å². The Balaban J connectivity index is 2.19. The summed E-state index contributed by atoms with van der Waals surface area (Å²) in [6.07, 6.45) is 5.74. The Morgan fingerprint density at radius 2 is 2.16 bits per heavy atom. The van der Waals surface area contributed by atoms with E-state index in [4.69, 9.17) is 11.6 Å². The van der Waals surface area contributed by atoms with Crippen LogP contribution in [-0.2, 0) is 13.0 Å². The van der Waals surface area contributed by atoms with E-state index in [9.17, 15) is 0 Å². The summed E-state index contributed by atoms with van der Waals surface area (Å²) in [7, 11) is 0. The van der Waals surface area contributed by atoms with Crippen molar-refractivity contribution in [2.45, 2.75) is 33.2 Å². The lowest BCUT2D eigenvalue weighted by Crippen LogP contribution is -2.08. The van der Waals surface area contributed by atoms with Gasteiger partial charge in [0, 0.05) is 25.4 Å². The Hall–Kier alpha value is -1.55. The van der Waals surface area contributed by atoms with Crippen LogP contribution >= 0.6 is 11.6 Å². The van der Waals surface area contributed by atoms with Crippen molar-refractivity contribution in [1.82, 2.24) is 14.5 Å². The van der Waals surface area contributed by atoms with Crippen LogP contribution in [0.3, 0.4) is 0 Å². The van der Waals surface area contributed by atoms with Gasteiger partial charge >= 0.3 is 0 Å². The van der Waals surface area contributed by atoms with Crippen molar-refractivity contribution < 1.29 is 0 Å². The molecule has 4 nitrogen and oxygen atoms in total. The van der Waals surface area contributed by atoms with Gasteiger partial charge in [0.15, 0.2) is 0 Å². The molecule has 0 aliphatic heterocycles. The van der Waals surface area contributed by atoms with Crippen LogP contribution in [0.15, 0.2) is 24.5 Å². The van der Waals surface area contributed by atoms with Gasteiger partial charge in [-0.25, -0.2) is 9.97 Å². The molecule has 0 atom stereocenters. The predicted molar refractivity (Wildman–Crippen MR) is 78.7 cm³/mol. The summed E-state index contributed by atoms with van der Waals surface area (Å²) in [5.41, 5.74) is 0.871. The number of aryl methyl sites for hydroxylation is 1. The molecule has 0 bridgehead atoms. The van der Waals surface area contributed by atoms with Crippen molar-refractivity contribution in [3.8, 4) is 0 Å². The number of imidazole rings is 1. The third-order valence-electron chi connectivity index (χ3n) is 2.91. The fourth-order valence-electron chi connectivity index (χ4n) is 1.91. The van der Waals surface area contributed by atoms with E-state index in [1.807, 2.05) is 24.5 Å². The lowest BCUT2D eigenvalue weighted by Gasteiger charge is -2.10. The molecule has 0 saturated carbocycles. The summed E-state index contributed by atoms with van der Waals surface area (Å²) >= 11 is 6.22. The van der Waals surface area contributed by atoms with Gasteiger partial charge in [0.25, 0.3) is 0 Å². The third-order valence-corrected chi connectivity index (χ3v) is 3.26. The number of anilines is 1. The molecule has 102 valence electrons. The molecule has 5 heteroatoms. The second-order valence-electron chi connectivity index (χ2n) is 4.38. The number of hydrogen-bond acceptors (Lipinski definition) is 3. The molecule has 0 radical (unpaired) electrons. The maximum Gasteiger partial charge on any atom is 0.126 e. The zero-order valence-corrected chi connectivity index (χ0v) is 12.1. The average molecular weight is 279 g/mol. The standard InChI is InChI=1S/C14H19ClN4/c1-3-7-16-13-6-5-11(15)12(18-13)10-19-9-8-17-14(19)4-2/h5-6,8-9H,3-4,7,10H2,1-2H3,(H,16,18). The Morgan fingerprint density at radius 3 is 2.89 bits per heavy atom. The molecule has 0 aromatic carbocycles. The Morgan fingerprint density at radius 1 is 1.32 bits per heavy atom. The molecule has 0 aliphatic carbocycles. The van der Waals surface area contributed by atoms with Crippen LogP contribution in [-0.4, -0.2) is 21.1 Å². The first-order chi connectivity index (χ1) is 9.24. The monoisotopic (exact) mass is 278 g/mol. The van der Waals surface area contributed by atoms with Gasteiger partial charge in [0.2, 0.25) is 0 Å². The maximum atomic E-state index is 6.22. The molecule has 2 aromatic rings. The van der Waals surface area contributed by atoms with Gasteiger partial charge in [-0.1, -0.05) is 25.4 Å². The number of rotatable bonds is 6. The van der Waals surface area contributed by atoms with E-state index >= 15 is 0 Å². The highest BCUT2D eigenvalue weighted by molar-refractivity contribution is 6.31. The second kappa shape index (κ2) is 6.57. The van der Waals surface area contributed by atoms with Gasteiger partial charge < -0.3 is 9.88 Å². The van der Waals surface area contributed by atoms with Crippen LogP contribution in [0, 0.1) is 0 Å². The summed E-state index contributed by atoms with van der Waals surface area (Å²) in [5, 5.41) is 3.97. The SMILES string of the molecule is CCCNc1ccc(Cl)c(Cn2ccnc2CC)n1. The van der Waals surface area contributed by atoms with E-state index < -0.39 is 0 Å². The highest BCUT2D eigenvalue weighted by Gasteiger charge is 2.07. The molecule has 0 unspecified atom stereocenters. The minimum Gasteiger partial charge on any atom is -0.370 e. The van der Waals surface area contributed by atoms with E-state index in [1.54, 1.807) is 0 Å². The summed E-state index contributed by atoms with van der Waals surface area (Å²) in [4.78, 5) is 8.88. The van der Waals surface area contributed by atoms with Gasteiger partial charge in [-0.2, -0.15) is 0 Å². The van der Waals surface area contributed by atoms with E-state index in [0.29, 0.717) is 11.6 Å². The highest BCUT2D eigenvalue weighted by Crippen LogP contribution is 2.18. The van der Waals surface area contributed by atoms with E-state index in [-0.39, 0.29) is 0 Å². The normalized spacial score (nSPS) is 10.7. The predicted octanol–water partition coefficient (Wildman–Crippen LogP) is 3.36. The molecule has 0 aliphatic rings. The van der Waals surface area contributed by atoms with Crippen molar-refractivity contribution in [2.75, 3.05) is 11.9 Å². The third kappa shape index (κ3) is 3.47. The fourth-order valence-corrected chi connectivity index (χ4v) is 2.07. The number of nitrogens with zero attached hydrogens (tertiary/aromatic N) is 3. The first-order valence-corrected chi connectivity index (χ1v) is 7.01. The van der Waals surface area contributed by atoms with Crippen molar-refractivity contribution in [1.29, 1.82) is 0 Å². The van der Waals surface area contributed by atoms with Crippen molar-refractivity contribution in [2.24, 2.45) is 0 Å². The maximum absolute atomic E-state index is 6.22. The molecule has 1 N–H and O–H groups in total. The molecule has 0 spiro atoms. The molecule has 2 aromatic heterocycles. The zero-order valence-electron chi connectivity index (χ0n) is 11.4. The van der Waals surface area contributed by atoms with E-state index in [2.05, 4.69) is 33.7 Å². The Labute approximate surface area is 118 Å². The van der Waals surface area contributed by atoms with E-state index in [1.165, 1.54) is 0 Å². The molecule has 0 saturated heterocycles. The largest absolute Gasteiger partial charge is 0.370 e. The topological polar surface area (TPSA) is 42.7 Å². The van der Waals surface area contributed by atoms with Gasteiger partial charge in [-0.05, 0) is 18.6 Å². The number of hydrogen-bond donors (Lipinski definition) is 1. The second-order valence-corrected chi connectivity index (χ2v) is 4.78. The number of halogens is 1. The highest BCUT2D eigenvalue weighted by atomic mass is 35.5. The van der Waals surface area contributed by atoms with Crippen LogP contribution in [0.1, 0.15) is 31.8 Å². The fraction of sp³-hybridized carbons (Fsp3) is 0.429. The van der Waals surface area contributed by atoms with Crippen molar-refractivity contribution in [3.05, 3.63) is 41.1 Å². The molecule has 0 amide bonds. The molecule has 19 heavy (non-hydrogen) atoms. The van der Waals surface area contributed by atoms with Crippen LogP contribution < -0.4 is 5.32 Å². The lowest BCUT2D eigenvalue weighted by atomic mass is 10.3. The summed E-state index contributed by atoms with van der Waals surface area (Å²) in [6, 6.07) is 3.81. The first-order valence-electron chi connectivity index (χ1n) is 6.63. The molecule has 2 rings (SSSR count). The quantitative estimate of drug-likeness (QED) is 0.881. The number of nitrogens with one attached hydrogen (secondary N) is 1. The summed E-state index contributed by atoms with van der Waals surface area (Å²) in [6.45, 7) is 5.79. The van der Waals surface area contributed by atoms with Crippen LogP contribution in [0.2, 0.25) is 5.02 Å². The summed E-state index contributed by atoms with van der Waals surface area (Å²) in [5.74, 6) is 1.92. The zero-order chi connectivity index (χ0) is 13.7. The van der Waals surface area contributed by atoms with E-state index in [0.717, 1.165) is 36.7 Å². The van der Waals surface area contributed by atoms with Crippen molar-refractivity contribution in [3.63, 3.8) is 0 Å². The minimum atomic E-state index is 0.656. The van der Waals surface area contributed by atoms with Gasteiger partial charge in [-0.3, -0.25) is 0 Å². The molecular formula is C14H19ClN4. The Kier molecular flexibility index (Phi) is 4.80. The first kappa shape index (κ1) is 13.9. The van der Waals surface area contributed by atoms with Gasteiger partial charge in [-0.15, -0.1) is 0 Å².